The first kappa shape index (κ1) is 60.8. The Hall–Kier alpha value is -2.18. The summed E-state index contributed by atoms with van der Waals surface area (Å²) < 4.78 is 5.44. The number of nitrogens with one attached hydrogen (secondary N) is 1. The third-order valence-corrected chi connectivity index (χ3v) is 12.3. The number of hydrogen-bond acceptors (Lipinski definition) is 5. The fourth-order valence-electron chi connectivity index (χ4n) is 8.07. The van der Waals surface area contributed by atoms with Crippen molar-refractivity contribution in [3.05, 3.63) is 48.6 Å². The lowest BCUT2D eigenvalue weighted by Gasteiger charge is -2.20. The van der Waals surface area contributed by atoms with Gasteiger partial charge in [0.15, 0.2) is 0 Å². The zero-order valence-corrected chi connectivity index (χ0v) is 41.8. The number of hydrogen-bond donors (Lipinski definition) is 3. The Kier molecular flexibility index (Phi) is 50.6. The third-order valence-electron chi connectivity index (χ3n) is 12.3. The Labute approximate surface area is 391 Å². The molecule has 0 aliphatic rings. The second-order valence-corrected chi connectivity index (χ2v) is 18.5. The molecular formula is C57H105NO5. The molecule has 0 spiro atoms. The van der Waals surface area contributed by atoms with Crippen molar-refractivity contribution in [3.8, 4) is 0 Å². The molecular weight excluding hydrogens is 779 g/mol. The van der Waals surface area contributed by atoms with Crippen molar-refractivity contribution in [2.24, 2.45) is 0 Å². The minimum Gasteiger partial charge on any atom is -0.466 e. The van der Waals surface area contributed by atoms with E-state index in [1.165, 1.54) is 148 Å². The van der Waals surface area contributed by atoms with Crippen molar-refractivity contribution >= 4 is 11.9 Å². The maximum Gasteiger partial charge on any atom is 0.305 e. The third kappa shape index (κ3) is 49.1. The van der Waals surface area contributed by atoms with E-state index in [-0.39, 0.29) is 18.5 Å². The number of carbonyl (C=O) groups excluding carboxylic acids is 2. The number of amides is 1. The first-order valence-corrected chi connectivity index (χ1v) is 27.4. The molecule has 1 amide bonds. The molecule has 0 fully saturated rings. The van der Waals surface area contributed by atoms with Crippen LogP contribution in [-0.2, 0) is 14.3 Å². The Bertz CT molecular complexity index is 1070. The fourth-order valence-corrected chi connectivity index (χ4v) is 8.07. The van der Waals surface area contributed by atoms with Gasteiger partial charge in [-0.2, -0.15) is 0 Å². The average Bonchev–Trinajstić information content (AvgIpc) is 3.28. The quantitative estimate of drug-likeness (QED) is 0.0321. The molecule has 0 aromatic carbocycles. The molecule has 2 unspecified atom stereocenters. The molecule has 0 saturated heterocycles. The smallest absolute Gasteiger partial charge is 0.305 e. The normalized spacial score (nSPS) is 13.0. The van der Waals surface area contributed by atoms with Crippen LogP contribution < -0.4 is 5.32 Å². The minimum atomic E-state index is -0.863. The Morgan fingerprint density at radius 3 is 1.25 bits per heavy atom. The summed E-state index contributed by atoms with van der Waals surface area (Å²) in [6.07, 6.45) is 65.4. The molecule has 0 aliphatic carbocycles. The Morgan fingerprint density at radius 1 is 0.444 bits per heavy atom. The molecule has 0 rings (SSSR count). The summed E-state index contributed by atoms with van der Waals surface area (Å²) in [5, 5.41) is 23.1. The zero-order valence-electron chi connectivity index (χ0n) is 41.8. The summed E-state index contributed by atoms with van der Waals surface area (Å²) in [5.41, 5.74) is 0. The SMILES string of the molecule is CCCCC/C=C\C/C=C\CCCCCCCC(=O)OCCCCC/C=C\CCCCCCCC(=O)NC(CO)C(O)/C=C/CCCCCCCCCCCCCCCCCCC. The molecule has 0 saturated carbocycles. The Balaban J connectivity index is 3.56. The molecule has 0 radical (unpaired) electrons. The predicted molar refractivity (Wildman–Crippen MR) is 273 cm³/mol. The highest BCUT2D eigenvalue weighted by Crippen LogP contribution is 2.15. The van der Waals surface area contributed by atoms with Gasteiger partial charge in [-0.3, -0.25) is 9.59 Å². The number of allylic oxidation sites excluding steroid dienone is 7. The number of unbranched alkanes of at least 4 members (excludes halogenated alkanes) is 33. The highest BCUT2D eigenvalue weighted by Gasteiger charge is 2.18. The van der Waals surface area contributed by atoms with E-state index < -0.39 is 12.1 Å². The van der Waals surface area contributed by atoms with Crippen LogP contribution in [0.5, 0.6) is 0 Å². The Morgan fingerprint density at radius 2 is 0.794 bits per heavy atom. The molecule has 0 aromatic heterocycles. The van der Waals surface area contributed by atoms with Crippen LogP contribution >= 0.6 is 0 Å². The number of aliphatic hydroxyl groups excluding tert-OH is 2. The van der Waals surface area contributed by atoms with Gasteiger partial charge in [0.2, 0.25) is 5.91 Å². The number of ether oxygens (including phenoxy) is 1. The summed E-state index contributed by atoms with van der Waals surface area (Å²) in [7, 11) is 0. The van der Waals surface area contributed by atoms with E-state index in [2.05, 4.69) is 55.6 Å². The van der Waals surface area contributed by atoms with Crippen molar-refractivity contribution in [2.45, 2.75) is 289 Å². The van der Waals surface area contributed by atoms with E-state index in [0.29, 0.717) is 19.4 Å². The fraction of sp³-hybridized carbons (Fsp3) is 0.825. The van der Waals surface area contributed by atoms with Gasteiger partial charge in [0.05, 0.1) is 25.4 Å². The highest BCUT2D eigenvalue weighted by molar-refractivity contribution is 5.76. The zero-order chi connectivity index (χ0) is 45.8. The van der Waals surface area contributed by atoms with E-state index in [4.69, 9.17) is 4.74 Å². The molecule has 368 valence electrons. The highest BCUT2D eigenvalue weighted by atomic mass is 16.5. The standard InChI is InChI=1S/C57H105NO5/c1-3-5-7-9-11-13-15-17-19-20-21-22-24-25-29-33-37-41-45-49-55(60)54(53-59)58-56(61)50-46-42-38-34-30-27-28-32-36-40-44-48-52-63-57(62)51-47-43-39-35-31-26-23-18-16-14-12-10-8-6-4-2/h12,14,18,23,28,32,45,49,54-55,59-60H,3-11,13,15-17,19-22,24-27,29-31,33-44,46-48,50-53H2,1-2H3,(H,58,61)/b14-12-,23-18-,32-28-,49-45+. The lowest BCUT2D eigenvalue weighted by molar-refractivity contribution is -0.143. The van der Waals surface area contributed by atoms with E-state index in [1.54, 1.807) is 6.08 Å². The lowest BCUT2D eigenvalue weighted by atomic mass is 10.0. The summed E-state index contributed by atoms with van der Waals surface area (Å²) in [4.78, 5) is 24.5. The molecule has 3 N–H and O–H groups in total. The molecule has 0 aromatic rings. The van der Waals surface area contributed by atoms with Crippen LogP contribution in [0.4, 0.5) is 0 Å². The van der Waals surface area contributed by atoms with Gasteiger partial charge in [-0.25, -0.2) is 0 Å². The van der Waals surface area contributed by atoms with Crippen LogP contribution in [0.25, 0.3) is 0 Å². The lowest BCUT2D eigenvalue weighted by Crippen LogP contribution is -2.45. The summed E-state index contributed by atoms with van der Waals surface area (Å²) >= 11 is 0. The monoisotopic (exact) mass is 884 g/mol. The number of aliphatic hydroxyl groups is 2. The predicted octanol–water partition coefficient (Wildman–Crippen LogP) is 16.6. The van der Waals surface area contributed by atoms with Crippen LogP contribution in [-0.4, -0.2) is 47.4 Å². The van der Waals surface area contributed by atoms with Gasteiger partial charge in [0, 0.05) is 12.8 Å². The largest absolute Gasteiger partial charge is 0.466 e. The van der Waals surface area contributed by atoms with Gasteiger partial charge < -0.3 is 20.3 Å². The van der Waals surface area contributed by atoms with Gasteiger partial charge in [-0.15, -0.1) is 0 Å². The van der Waals surface area contributed by atoms with Gasteiger partial charge >= 0.3 is 5.97 Å². The second-order valence-electron chi connectivity index (χ2n) is 18.5. The van der Waals surface area contributed by atoms with Crippen LogP contribution in [0.15, 0.2) is 48.6 Å². The van der Waals surface area contributed by atoms with Gasteiger partial charge in [-0.1, -0.05) is 217 Å². The van der Waals surface area contributed by atoms with Crippen molar-refractivity contribution in [2.75, 3.05) is 13.2 Å². The van der Waals surface area contributed by atoms with Gasteiger partial charge in [0.1, 0.15) is 0 Å². The van der Waals surface area contributed by atoms with Gasteiger partial charge in [0.25, 0.3) is 0 Å². The minimum absolute atomic E-state index is 0.0388. The average molecular weight is 884 g/mol. The molecule has 6 heteroatoms. The second kappa shape index (κ2) is 52.4. The van der Waals surface area contributed by atoms with Crippen molar-refractivity contribution < 1.29 is 24.5 Å². The van der Waals surface area contributed by atoms with Crippen LogP contribution in [0.3, 0.4) is 0 Å². The molecule has 0 heterocycles. The van der Waals surface area contributed by atoms with Crippen molar-refractivity contribution in [3.63, 3.8) is 0 Å². The van der Waals surface area contributed by atoms with Crippen molar-refractivity contribution in [1.82, 2.24) is 5.32 Å². The molecule has 6 nitrogen and oxygen atoms in total. The summed E-state index contributed by atoms with van der Waals surface area (Å²) in [6, 6.07) is -0.649. The molecule has 2 atom stereocenters. The van der Waals surface area contributed by atoms with Crippen molar-refractivity contribution in [1.29, 1.82) is 0 Å². The number of carbonyl (C=O) groups is 2. The number of esters is 1. The first-order chi connectivity index (χ1) is 31.0. The molecule has 0 bridgehead atoms. The van der Waals surface area contributed by atoms with Crippen LogP contribution in [0.1, 0.15) is 277 Å². The maximum atomic E-state index is 12.5. The summed E-state index contributed by atoms with van der Waals surface area (Å²) in [6.45, 7) is 4.81. The van der Waals surface area contributed by atoms with E-state index in [9.17, 15) is 19.8 Å². The first-order valence-electron chi connectivity index (χ1n) is 27.4. The van der Waals surface area contributed by atoms with E-state index >= 15 is 0 Å². The number of rotatable bonds is 50. The van der Waals surface area contributed by atoms with Crippen LogP contribution in [0, 0.1) is 0 Å². The van der Waals surface area contributed by atoms with E-state index in [0.717, 1.165) is 103 Å². The summed E-state index contributed by atoms with van der Waals surface area (Å²) in [5.74, 6) is -0.133. The molecule has 0 aliphatic heterocycles. The molecule has 63 heavy (non-hydrogen) atoms. The van der Waals surface area contributed by atoms with E-state index in [1.807, 2.05) is 6.08 Å². The maximum absolute atomic E-state index is 12.5. The van der Waals surface area contributed by atoms with Crippen LogP contribution in [0.2, 0.25) is 0 Å². The van der Waals surface area contributed by atoms with Gasteiger partial charge in [-0.05, 0) is 96.3 Å². The topological polar surface area (TPSA) is 95.9 Å².